The fraction of sp³-hybridized carbons (Fsp3) is 0.529. The van der Waals surface area contributed by atoms with E-state index in [1.807, 2.05) is 12.2 Å². The predicted molar refractivity (Wildman–Crippen MR) is 84.7 cm³/mol. The molecule has 0 aliphatic heterocycles. The second-order valence-electron chi connectivity index (χ2n) is 5.03. The maximum Gasteiger partial charge on any atom is 0.307 e. The summed E-state index contributed by atoms with van der Waals surface area (Å²) in [6.07, 6.45) is 9.62. The van der Waals surface area contributed by atoms with Crippen molar-refractivity contribution in [2.24, 2.45) is 5.92 Å². The van der Waals surface area contributed by atoms with E-state index < -0.39 is 17.9 Å². The lowest BCUT2D eigenvalue weighted by Gasteiger charge is -2.11. The molecule has 1 unspecified atom stereocenters. The molecule has 128 valence electrons. The maximum absolute atomic E-state index is 11.5. The van der Waals surface area contributed by atoms with Crippen LogP contribution in [0.25, 0.3) is 0 Å². The molecule has 1 atom stereocenters. The van der Waals surface area contributed by atoms with Crippen molar-refractivity contribution in [2.45, 2.75) is 25.7 Å². The molecule has 0 aromatic carbocycles. The maximum atomic E-state index is 11.5. The van der Waals surface area contributed by atoms with Crippen molar-refractivity contribution in [3.8, 4) is 0 Å². The smallest absolute Gasteiger partial charge is 0.307 e. The van der Waals surface area contributed by atoms with Crippen LogP contribution in [0.5, 0.6) is 0 Å². The molecule has 0 aromatic heterocycles. The standard InChI is InChI=1S/C17H24O6/c1-2-6-14(17(19)20)13-16(18)23-12-10-21-9-11-22-15-7-4-3-5-8-15/h2,4,7-8,14H,1,3,5-6,9-13H2,(H,19,20). The van der Waals surface area contributed by atoms with Gasteiger partial charge in [-0.1, -0.05) is 12.2 Å². The topological polar surface area (TPSA) is 82.1 Å². The van der Waals surface area contributed by atoms with E-state index >= 15 is 0 Å². The van der Waals surface area contributed by atoms with Crippen molar-refractivity contribution in [1.82, 2.24) is 0 Å². The molecule has 23 heavy (non-hydrogen) atoms. The number of carboxylic acids is 1. The zero-order chi connectivity index (χ0) is 16.9. The van der Waals surface area contributed by atoms with E-state index in [-0.39, 0.29) is 26.1 Å². The SMILES string of the molecule is C=CCC(CC(=O)OCCOCCOC1=CCCC=C1)C(=O)O. The number of esters is 1. The molecule has 1 aliphatic rings. The van der Waals surface area contributed by atoms with Gasteiger partial charge in [0.2, 0.25) is 0 Å². The number of carbonyl (C=O) groups is 2. The van der Waals surface area contributed by atoms with Crippen LogP contribution in [0.2, 0.25) is 0 Å². The molecule has 0 saturated heterocycles. The number of carboxylic acid groups (broad SMARTS) is 1. The van der Waals surface area contributed by atoms with Gasteiger partial charge in [0.1, 0.15) is 19.0 Å². The second-order valence-corrected chi connectivity index (χ2v) is 5.03. The first kappa shape index (κ1) is 19.0. The minimum Gasteiger partial charge on any atom is -0.492 e. The molecule has 0 bridgehead atoms. The van der Waals surface area contributed by atoms with Crippen molar-refractivity contribution in [2.75, 3.05) is 26.4 Å². The third kappa shape index (κ3) is 8.83. The Hall–Kier alpha value is -2.08. The molecule has 6 heteroatoms. The number of aliphatic carboxylic acids is 1. The third-order valence-electron chi connectivity index (χ3n) is 3.16. The molecule has 0 spiro atoms. The van der Waals surface area contributed by atoms with Gasteiger partial charge >= 0.3 is 11.9 Å². The Morgan fingerprint density at radius 1 is 1.26 bits per heavy atom. The second kappa shape index (κ2) is 11.5. The molecule has 0 heterocycles. The van der Waals surface area contributed by atoms with Crippen LogP contribution in [0, 0.1) is 5.92 Å². The van der Waals surface area contributed by atoms with Crippen molar-refractivity contribution in [1.29, 1.82) is 0 Å². The van der Waals surface area contributed by atoms with Crippen molar-refractivity contribution in [3.63, 3.8) is 0 Å². The van der Waals surface area contributed by atoms with E-state index in [0.29, 0.717) is 13.2 Å². The van der Waals surface area contributed by atoms with Crippen LogP contribution in [0.1, 0.15) is 25.7 Å². The zero-order valence-corrected chi connectivity index (χ0v) is 13.2. The highest BCUT2D eigenvalue weighted by Gasteiger charge is 2.20. The Bertz CT molecular complexity index is 452. The fourth-order valence-corrected chi connectivity index (χ4v) is 1.96. The summed E-state index contributed by atoms with van der Waals surface area (Å²) in [5.74, 6) is -1.50. The summed E-state index contributed by atoms with van der Waals surface area (Å²) >= 11 is 0. The van der Waals surface area contributed by atoms with Crippen LogP contribution in [0.15, 0.2) is 36.6 Å². The Kier molecular flexibility index (Phi) is 9.47. The third-order valence-corrected chi connectivity index (χ3v) is 3.16. The first-order chi connectivity index (χ1) is 11.1. The quantitative estimate of drug-likeness (QED) is 0.337. The lowest BCUT2D eigenvalue weighted by Crippen LogP contribution is -2.20. The van der Waals surface area contributed by atoms with Gasteiger partial charge in [0.25, 0.3) is 0 Å². The summed E-state index contributed by atoms with van der Waals surface area (Å²) in [5.41, 5.74) is 0. The van der Waals surface area contributed by atoms with Crippen LogP contribution in [0.4, 0.5) is 0 Å². The van der Waals surface area contributed by atoms with Gasteiger partial charge in [-0.3, -0.25) is 9.59 Å². The number of ether oxygens (including phenoxy) is 3. The van der Waals surface area contributed by atoms with Gasteiger partial charge in [0.15, 0.2) is 0 Å². The normalized spacial score (nSPS) is 14.7. The van der Waals surface area contributed by atoms with Gasteiger partial charge in [-0.05, 0) is 31.4 Å². The van der Waals surface area contributed by atoms with Crippen molar-refractivity contribution in [3.05, 3.63) is 36.6 Å². The van der Waals surface area contributed by atoms with Gasteiger partial charge in [-0.25, -0.2) is 0 Å². The molecule has 0 radical (unpaired) electrons. The molecule has 6 nitrogen and oxygen atoms in total. The van der Waals surface area contributed by atoms with Gasteiger partial charge in [0.05, 0.1) is 25.6 Å². The number of allylic oxidation sites excluding steroid dienone is 4. The Labute approximate surface area is 136 Å². The molecule has 1 aliphatic carbocycles. The molecule has 0 fully saturated rings. The first-order valence-corrected chi connectivity index (χ1v) is 7.70. The lowest BCUT2D eigenvalue weighted by molar-refractivity contribution is -0.152. The van der Waals surface area contributed by atoms with Crippen LogP contribution in [-0.2, 0) is 23.8 Å². The van der Waals surface area contributed by atoms with Crippen LogP contribution in [0.3, 0.4) is 0 Å². The summed E-state index contributed by atoms with van der Waals surface area (Å²) in [5, 5.41) is 8.93. The lowest BCUT2D eigenvalue weighted by atomic mass is 10.0. The van der Waals surface area contributed by atoms with Gasteiger partial charge in [-0.15, -0.1) is 6.58 Å². The highest BCUT2D eigenvalue weighted by atomic mass is 16.6. The molecule has 0 aromatic rings. The number of carbonyl (C=O) groups excluding carboxylic acids is 1. The highest BCUT2D eigenvalue weighted by molar-refractivity contribution is 5.78. The molecular weight excluding hydrogens is 300 g/mol. The summed E-state index contributed by atoms with van der Waals surface area (Å²) < 4.78 is 15.7. The Balaban J connectivity index is 2.02. The van der Waals surface area contributed by atoms with E-state index in [1.165, 1.54) is 6.08 Å². The van der Waals surface area contributed by atoms with Crippen molar-refractivity contribution < 1.29 is 28.9 Å². The van der Waals surface area contributed by atoms with Gasteiger partial charge < -0.3 is 19.3 Å². The number of rotatable bonds is 12. The average Bonchev–Trinajstić information content (AvgIpc) is 2.54. The number of hydrogen-bond acceptors (Lipinski definition) is 5. The van der Waals surface area contributed by atoms with E-state index in [2.05, 4.69) is 12.7 Å². The summed E-state index contributed by atoms with van der Waals surface area (Å²) in [4.78, 5) is 22.4. The van der Waals surface area contributed by atoms with Crippen LogP contribution >= 0.6 is 0 Å². The highest BCUT2D eigenvalue weighted by Crippen LogP contribution is 2.11. The molecule has 1 rings (SSSR count). The summed E-state index contributed by atoms with van der Waals surface area (Å²) in [7, 11) is 0. The van der Waals surface area contributed by atoms with Crippen LogP contribution < -0.4 is 0 Å². The van der Waals surface area contributed by atoms with E-state index in [4.69, 9.17) is 19.3 Å². The largest absolute Gasteiger partial charge is 0.492 e. The molecular formula is C17H24O6. The number of hydrogen-bond donors (Lipinski definition) is 1. The Morgan fingerprint density at radius 3 is 2.70 bits per heavy atom. The monoisotopic (exact) mass is 324 g/mol. The molecule has 0 saturated carbocycles. The average molecular weight is 324 g/mol. The van der Waals surface area contributed by atoms with E-state index in [1.54, 1.807) is 0 Å². The summed E-state index contributed by atoms with van der Waals surface area (Å²) in [6.45, 7) is 4.66. The van der Waals surface area contributed by atoms with Gasteiger partial charge in [0, 0.05) is 0 Å². The van der Waals surface area contributed by atoms with E-state index in [0.717, 1.165) is 18.6 Å². The Morgan fingerprint density at radius 2 is 2.04 bits per heavy atom. The predicted octanol–water partition coefficient (Wildman–Crippen LogP) is 2.46. The minimum absolute atomic E-state index is 0.0991. The molecule has 0 amide bonds. The fourth-order valence-electron chi connectivity index (χ4n) is 1.96. The first-order valence-electron chi connectivity index (χ1n) is 7.70. The van der Waals surface area contributed by atoms with Crippen molar-refractivity contribution >= 4 is 11.9 Å². The van der Waals surface area contributed by atoms with Crippen LogP contribution in [-0.4, -0.2) is 43.5 Å². The zero-order valence-electron chi connectivity index (χ0n) is 13.2. The molecule has 1 N–H and O–H groups in total. The van der Waals surface area contributed by atoms with E-state index in [9.17, 15) is 9.59 Å². The van der Waals surface area contributed by atoms with Gasteiger partial charge in [-0.2, -0.15) is 0 Å². The summed E-state index contributed by atoms with van der Waals surface area (Å²) in [6, 6.07) is 0. The minimum atomic E-state index is -1.03.